The number of hydrogen-bond acceptors (Lipinski definition) is 7. The molecule has 0 aliphatic rings. The van der Waals surface area contributed by atoms with Gasteiger partial charge in [0.1, 0.15) is 23.3 Å². The van der Waals surface area contributed by atoms with Gasteiger partial charge in [0.2, 0.25) is 11.8 Å². The molecule has 0 spiro atoms. The first-order valence-electron chi connectivity index (χ1n) is 12.0. The van der Waals surface area contributed by atoms with Gasteiger partial charge in [0, 0.05) is 12.1 Å². The van der Waals surface area contributed by atoms with Crippen molar-refractivity contribution in [3.63, 3.8) is 0 Å². The van der Waals surface area contributed by atoms with Crippen LogP contribution in [-0.4, -0.2) is 52.3 Å². The normalized spacial score (nSPS) is 13.4. The quantitative estimate of drug-likeness (QED) is 0.356. The number of esters is 1. The van der Waals surface area contributed by atoms with Crippen molar-refractivity contribution in [3.05, 3.63) is 29.8 Å². The number of amides is 3. The van der Waals surface area contributed by atoms with E-state index in [1.807, 2.05) is 0 Å². The predicted octanol–water partition coefficient (Wildman–Crippen LogP) is 3.27. The van der Waals surface area contributed by atoms with E-state index in [1.165, 1.54) is 0 Å². The Bertz CT molecular complexity index is 900. The number of anilines is 1. The SMILES string of the molecule is CC(C)C(NC(=O)OC(C)(C)C)C(=O)NC(CCC(=O)OC(C)(C)C)C(=O)Nc1ccc(CO)cc1. The summed E-state index contributed by atoms with van der Waals surface area (Å²) in [5.74, 6) is -1.94. The molecule has 202 valence electrons. The molecule has 1 aromatic carbocycles. The van der Waals surface area contributed by atoms with E-state index in [0.29, 0.717) is 11.3 Å². The van der Waals surface area contributed by atoms with Crippen molar-refractivity contribution in [2.75, 3.05) is 5.32 Å². The average molecular weight is 508 g/mol. The van der Waals surface area contributed by atoms with Crippen molar-refractivity contribution in [1.29, 1.82) is 0 Å². The van der Waals surface area contributed by atoms with Gasteiger partial charge >= 0.3 is 12.1 Å². The zero-order valence-corrected chi connectivity index (χ0v) is 22.6. The summed E-state index contributed by atoms with van der Waals surface area (Å²) < 4.78 is 10.6. The third-order valence-electron chi connectivity index (χ3n) is 4.72. The Kier molecular flexibility index (Phi) is 11.4. The standard InChI is InChI=1S/C26H41N3O7/c1-16(2)21(29-24(34)36-26(6,7)8)23(33)28-19(13-14-20(31)35-25(3,4)5)22(32)27-18-11-9-17(15-30)10-12-18/h9-12,16,19,21,30H,13-15H2,1-8H3,(H,27,32)(H,28,33)(H,29,34). The van der Waals surface area contributed by atoms with Gasteiger partial charge in [-0.15, -0.1) is 0 Å². The molecule has 36 heavy (non-hydrogen) atoms. The molecule has 0 fully saturated rings. The van der Waals surface area contributed by atoms with Gasteiger partial charge in [0.05, 0.1) is 6.61 Å². The van der Waals surface area contributed by atoms with E-state index in [0.717, 1.165) is 0 Å². The Morgan fingerprint density at radius 2 is 1.42 bits per heavy atom. The van der Waals surface area contributed by atoms with Crippen molar-refractivity contribution >= 4 is 29.6 Å². The zero-order chi connectivity index (χ0) is 27.7. The lowest BCUT2D eigenvalue weighted by Crippen LogP contribution is -2.55. The van der Waals surface area contributed by atoms with Crippen molar-refractivity contribution < 1.29 is 33.8 Å². The number of ether oxygens (including phenoxy) is 2. The Hall–Kier alpha value is -3.14. The molecule has 2 unspecified atom stereocenters. The van der Waals surface area contributed by atoms with Crippen LogP contribution in [0.3, 0.4) is 0 Å². The first kappa shape index (κ1) is 30.9. The van der Waals surface area contributed by atoms with Gasteiger partial charge in [-0.1, -0.05) is 26.0 Å². The molecule has 2 atom stereocenters. The van der Waals surface area contributed by atoms with Gasteiger partial charge in [-0.05, 0) is 71.6 Å². The molecule has 4 N–H and O–H groups in total. The largest absolute Gasteiger partial charge is 0.460 e. The van der Waals surface area contributed by atoms with Crippen molar-refractivity contribution in [2.45, 2.75) is 98.1 Å². The molecular formula is C26H41N3O7. The minimum atomic E-state index is -1.08. The number of nitrogens with one attached hydrogen (secondary N) is 3. The van der Waals surface area contributed by atoms with Gasteiger partial charge in [0.15, 0.2) is 0 Å². The van der Waals surface area contributed by atoms with Crippen LogP contribution in [0, 0.1) is 5.92 Å². The summed E-state index contributed by atoms with van der Waals surface area (Å²) in [5.41, 5.74) is -0.299. The van der Waals surface area contributed by atoms with E-state index >= 15 is 0 Å². The molecule has 3 amide bonds. The fourth-order valence-corrected chi connectivity index (χ4v) is 3.08. The van der Waals surface area contributed by atoms with Crippen molar-refractivity contribution in [3.8, 4) is 0 Å². The summed E-state index contributed by atoms with van der Waals surface area (Å²) in [4.78, 5) is 50.7. The number of rotatable bonds is 10. The van der Waals surface area contributed by atoms with Gasteiger partial charge < -0.3 is 30.5 Å². The van der Waals surface area contributed by atoms with Crippen LogP contribution in [0.5, 0.6) is 0 Å². The summed E-state index contributed by atoms with van der Waals surface area (Å²) in [6.07, 6.45) is -0.876. The number of carbonyl (C=O) groups excluding carboxylic acids is 4. The highest BCUT2D eigenvalue weighted by atomic mass is 16.6. The van der Waals surface area contributed by atoms with Crippen LogP contribution >= 0.6 is 0 Å². The topological polar surface area (TPSA) is 143 Å². The molecule has 10 heteroatoms. The molecule has 0 aliphatic carbocycles. The molecule has 0 aliphatic heterocycles. The number of aliphatic hydroxyl groups is 1. The van der Waals surface area contributed by atoms with Crippen LogP contribution in [0.15, 0.2) is 24.3 Å². The molecule has 0 radical (unpaired) electrons. The van der Waals surface area contributed by atoms with Gasteiger partial charge in [-0.3, -0.25) is 14.4 Å². The third-order valence-corrected chi connectivity index (χ3v) is 4.72. The summed E-state index contributed by atoms with van der Waals surface area (Å²) in [6.45, 7) is 13.7. The smallest absolute Gasteiger partial charge is 0.408 e. The number of carbonyl (C=O) groups is 4. The minimum absolute atomic E-state index is 0.0154. The molecule has 0 saturated carbocycles. The highest BCUT2D eigenvalue weighted by molar-refractivity contribution is 5.98. The van der Waals surface area contributed by atoms with Crippen LogP contribution in [-0.2, 0) is 30.5 Å². The predicted molar refractivity (Wildman–Crippen MR) is 136 cm³/mol. The third kappa shape index (κ3) is 12.0. The van der Waals surface area contributed by atoms with Gasteiger partial charge in [-0.2, -0.15) is 0 Å². The highest BCUT2D eigenvalue weighted by Gasteiger charge is 2.31. The molecule has 0 aromatic heterocycles. The second-order valence-corrected chi connectivity index (χ2v) is 10.9. The number of benzene rings is 1. The van der Waals surface area contributed by atoms with E-state index in [1.54, 1.807) is 79.7 Å². The summed E-state index contributed by atoms with van der Waals surface area (Å²) in [7, 11) is 0. The molecular weight excluding hydrogens is 466 g/mol. The molecule has 0 heterocycles. The van der Waals surface area contributed by atoms with E-state index < -0.39 is 47.2 Å². The Labute approximate surface area is 213 Å². The highest BCUT2D eigenvalue weighted by Crippen LogP contribution is 2.14. The molecule has 1 aromatic rings. The Morgan fingerprint density at radius 1 is 0.861 bits per heavy atom. The minimum Gasteiger partial charge on any atom is -0.460 e. The molecule has 1 rings (SSSR count). The number of aliphatic hydroxyl groups excluding tert-OH is 1. The van der Waals surface area contributed by atoms with Crippen LogP contribution in [0.4, 0.5) is 10.5 Å². The zero-order valence-electron chi connectivity index (χ0n) is 22.6. The van der Waals surface area contributed by atoms with Crippen molar-refractivity contribution in [2.24, 2.45) is 5.92 Å². The fourth-order valence-electron chi connectivity index (χ4n) is 3.08. The van der Waals surface area contributed by atoms with Crippen LogP contribution in [0.25, 0.3) is 0 Å². The number of alkyl carbamates (subject to hydrolysis) is 1. The average Bonchev–Trinajstić information content (AvgIpc) is 2.72. The number of hydrogen-bond donors (Lipinski definition) is 4. The molecule has 0 saturated heterocycles. The van der Waals surface area contributed by atoms with E-state index in [2.05, 4.69) is 16.0 Å². The maximum Gasteiger partial charge on any atom is 0.408 e. The first-order valence-corrected chi connectivity index (χ1v) is 12.0. The van der Waals surface area contributed by atoms with E-state index in [-0.39, 0.29) is 25.4 Å². The summed E-state index contributed by atoms with van der Waals surface area (Å²) in [6, 6.07) is 4.51. The van der Waals surface area contributed by atoms with E-state index in [4.69, 9.17) is 9.47 Å². The maximum absolute atomic E-state index is 13.1. The van der Waals surface area contributed by atoms with Crippen LogP contribution < -0.4 is 16.0 Å². The molecule has 10 nitrogen and oxygen atoms in total. The van der Waals surface area contributed by atoms with Gasteiger partial charge in [-0.25, -0.2) is 4.79 Å². The summed E-state index contributed by atoms with van der Waals surface area (Å²) >= 11 is 0. The second-order valence-electron chi connectivity index (χ2n) is 10.9. The lowest BCUT2D eigenvalue weighted by atomic mass is 10.0. The Balaban J connectivity index is 3.02. The summed E-state index contributed by atoms with van der Waals surface area (Å²) in [5, 5.41) is 17.1. The van der Waals surface area contributed by atoms with Crippen LogP contribution in [0.1, 0.15) is 73.8 Å². The van der Waals surface area contributed by atoms with Crippen molar-refractivity contribution in [1.82, 2.24) is 10.6 Å². The molecule has 0 bridgehead atoms. The first-order chi connectivity index (χ1) is 16.5. The van der Waals surface area contributed by atoms with Crippen LogP contribution in [0.2, 0.25) is 0 Å². The van der Waals surface area contributed by atoms with Gasteiger partial charge in [0.25, 0.3) is 0 Å². The monoisotopic (exact) mass is 507 g/mol. The maximum atomic E-state index is 13.1. The Morgan fingerprint density at radius 3 is 1.89 bits per heavy atom. The lowest BCUT2D eigenvalue weighted by Gasteiger charge is -2.27. The lowest BCUT2D eigenvalue weighted by molar-refractivity contribution is -0.155. The van der Waals surface area contributed by atoms with E-state index in [9.17, 15) is 24.3 Å². The fraction of sp³-hybridized carbons (Fsp3) is 0.615. The second kappa shape index (κ2) is 13.2.